The van der Waals surface area contributed by atoms with Crippen molar-refractivity contribution in [2.75, 3.05) is 0 Å². The van der Waals surface area contributed by atoms with Crippen molar-refractivity contribution in [1.29, 1.82) is 0 Å². The summed E-state index contributed by atoms with van der Waals surface area (Å²) in [6.45, 7) is 0. The quantitative estimate of drug-likeness (QED) is 0.693. The third-order valence-electron chi connectivity index (χ3n) is 1.90. The van der Waals surface area contributed by atoms with Gasteiger partial charge in [0.2, 0.25) is 0 Å². The number of carboxylic acids is 1. The van der Waals surface area contributed by atoms with Gasteiger partial charge < -0.3 is 15.9 Å². The van der Waals surface area contributed by atoms with E-state index in [1.54, 1.807) is 0 Å². The number of hydrogen-bond acceptors (Lipinski definition) is 3. The first-order valence-electron chi connectivity index (χ1n) is 4.07. The molecule has 82 valence electrons. The lowest BCUT2D eigenvalue weighted by atomic mass is 10.1. The molecule has 6 heteroatoms. The van der Waals surface area contributed by atoms with Gasteiger partial charge in [0, 0.05) is 6.42 Å². The van der Waals surface area contributed by atoms with E-state index in [1.165, 1.54) is 0 Å². The lowest BCUT2D eigenvalue weighted by molar-refractivity contribution is -0.138. The van der Waals surface area contributed by atoms with Gasteiger partial charge in [-0.2, -0.15) is 0 Å². The van der Waals surface area contributed by atoms with E-state index in [0.717, 1.165) is 12.1 Å². The Bertz CT molecular complexity index is 395. The second-order valence-corrected chi connectivity index (χ2v) is 3.02. The molecule has 0 saturated heterocycles. The van der Waals surface area contributed by atoms with Gasteiger partial charge in [0.05, 0.1) is 0 Å². The molecule has 15 heavy (non-hydrogen) atoms. The Labute approximate surface area is 83.9 Å². The second-order valence-electron chi connectivity index (χ2n) is 3.02. The van der Waals surface area contributed by atoms with Crippen molar-refractivity contribution in [3.05, 3.63) is 29.3 Å². The topological polar surface area (TPSA) is 83.5 Å². The highest BCUT2D eigenvalue weighted by atomic mass is 19.1. The maximum atomic E-state index is 13.1. The van der Waals surface area contributed by atoms with Crippen LogP contribution in [-0.2, 0) is 11.2 Å². The van der Waals surface area contributed by atoms with Crippen molar-refractivity contribution in [1.82, 2.24) is 0 Å². The third kappa shape index (κ3) is 2.41. The average Bonchev–Trinajstić information content (AvgIpc) is 2.18. The smallest absolute Gasteiger partial charge is 0.320 e. The van der Waals surface area contributed by atoms with Crippen molar-refractivity contribution in [2.24, 2.45) is 5.73 Å². The molecule has 1 aromatic carbocycles. The highest BCUT2D eigenvalue weighted by Crippen LogP contribution is 2.23. The predicted octanol–water partition coefficient (Wildman–Crippen LogP) is 0.625. The van der Waals surface area contributed by atoms with Crippen LogP contribution in [0.25, 0.3) is 0 Å². The molecule has 4 N–H and O–H groups in total. The monoisotopic (exact) mass is 217 g/mol. The van der Waals surface area contributed by atoms with E-state index in [9.17, 15) is 13.6 Å². The second kappa shape index (κ2) is 4.22. The molecular formula is C9H9F2NO3. The van der Waals surface area contributed by atoms with Crippen molar-refractivity contribution >= 4 is 5.97 Å². The first-order valence-corrected chi connectivity index (χ1v) is 4.07. The van der Waals surface area contributed by atoms with E-state index in [0.29, 0.717) is 0 Å². The number of phenols is 1. The maximum absolute atomic E-state index is 13.1. The highest BCUT2D eigenvalue weighted by molar-refractivity contribution is 5.73. The Morgan fingerprint density at radius 2 is 2.07 bits per heavy atom. The predicted molar refractivity (Wildman–Crippen MR) is 47.3 cm³/mol. The van der Waals surface area contributed by atoms with Crippen LogP contribution in [0.15, 0.2) is 12.1 Å². The maximum Gasteiger partial charge on any atom is 0.320 e. The summed E-state index contributed by atoms with van der Waals surface area (Å²) in [5.74, 6) is -4.69. The number of carboxylic acid groups (broad SMARTS) is 1. The number of aromatic hydroxyl groups is 1. The number of aliphatic carboxylic acids is 1. The van der Waals surface area contributed by atoms with E-state index >= 15 is 0 Å². The molecular weight excluding hydrogens is 208 g/mol. The standard InChI is InChI=1S/C9H9F2NO3/c10-5-2-1-4(7(11)8(5)13)3-6(12)9(14)15/h1-2,6,13H,3,12H2,(H,14,15). The molecule has 0 saturated carbocycles. The van der Waals surface area contributed by atoms with Gasteiger partial charge in [0.25, 0.3) is 0 Å². The van der Waals surface area contributed by atoms with Gasteiger partial charge in [0.15, 0.2) is 17.4 Å². The lowest BCUT2D eigenvalue weighted by Gasteiger charge is -2.08. The van der Waals surface area contributed by atoms with Gasteiger partial charge in [-0.1, -0.05) is 6.07 Å². The molecule has 0 aromatic heterocycles. The highest BCUT2D eigenvalue weighted by Gasteiger charge is 2.18. The number of nitrogens with two attached hydrogens (primary N) is 1. The lowest BCUT2D eigenvalue weighted by Crippen LogP contribution is -2.32. The van der Waals surface area contributed by atoms with Crippen molar-refractivity contribution in [2.45, 2.75) is 12.5 Å². The van der Waals surface area contributed by atoms with Crippen molar-refractivity contribution in [3.63, 3.8) is 0 Å². The molecule has 0 fully saturated rings. The molecule has 1 atom stereocenters. The van der Waals surface area contributed by atoms with Crippen LogP contribution >= 0.6 is 0 Å². The fourth-order valence-corrected chi connectivity index (χ4v) is 1.06. The van der Waals surface area contributed by atoms with Crippen LogP contribution in [0.5, 0.6) is 5.75 Å². The van der Waals surface area contributed by atoms with E-state index in [1.807, 2.05) is 0 Å². The minimum absolute atomic E-state index is 0.135. The Morgan fingerprint density at radius 1 is 1.47 bits per heavy atom. The van der Waals surface area contributed by atoms with Gasteiger partial charge in [-0.05, 0) is 11.6 Å². The Hall–Kier alpha value is -1.69. The number of halogens is 2. The molecule has 0 heterocycles. The average molecular weight is 217 g/mol. The molecule has 1 rings (SSSR count). The summed E-state index contributed by atoms with van der Waals surface area (Å²) in [4.78, 5) is 10.4. The van der Waals surface area contributed by atoms with Crippen LogP contribution < -0.4 is 5.73 Å². The zero-order chi connectivity index (χ0) is 11.6. The van der Waals surface area contributed by atoms with Crippen LogP contribution in [0.2, 0.25) is 0 Å². The number of phenolic OH excluding ortho intramolecular Hbond substituents is 1. The largest absolute Gasteiger partial charge is 0.503 e. The van der Waals surface area contributed by atoms with E-state index in [-0.39, 0.29) is 12.0 Å². The summed E-state index contributed by atoms with van der Waals surface area (Å²) < 4.78 is 25.8. The summed E-state index contributed by atoms with van der Waals surface area (Å²) in [6, 6.07) is 0.611. The minimum atomic E-state index is -1.29. The molecule has 4 nitrogen and oxygen atoms in total. The molecule has 0 aliphatic carbocycles. The van der Waals surface area contributed by atoms with Crippen LogP contribution in [0.1, 0.15) is 5.56 Å². The summed E-state index contributed by atoms with van der Waals surface area (Å²) in [6.07, 6.45) is -0.311. The first-order chi connectivity index (χ1) is 6.93. The molecule has 1 aromatic rings. The minimum Gasteiger partial charge on any atom is -0.503 e. The van der Waals surface area contributed by atoms with E-state index in [2.05, 4.69) is 0 Å². The molecule has 0 aliphatic heterocycles. The van der Waals surface area contributed by atoms with Crippen LogP contribution in [0, 0.1) is 11.6 Å². The summed E-state index contributed by atoms with van der Waals surface area (Å²) in [7, 11) is 0. The fraction of sp³-hybridized carbons (Fsp3) is 0.222. The van der Waals surface area contributed by atoms with Gasteiger partial charge >= 0.3 is 5.97 Å². The van der Waals surface area contributed by atoms with E-state index < -0.39 is 29.4 Å². The van der Waals surface area contributed by atoms with Gasteiger partial charge in [-0.15, -0.1) is 0 Å². The number of benzene rings is 1. The number of carbonyl (C=O) groups is 1. The normalized spacial score (nSPS) is 12.5. The summed E-state index contributed by atoms with van der Waals surface area (Å²) >= 11 is 0. The van der Waals surface area contributed by atoms with Gasteiger partial charge in [-0.25, -0.2) is 8.78 Å². The first kappa shape index (κ1) is 11.4. The molecule has 0 amide bonds. The van der Waals surface area contributed by atoms with E-state index in [4.69, 9.17) is 15.9 Å². The molecule has 0 bridgehead atoms. The van der Waals surface area contributed by atoms with Crippen LogP contribution in [-0.4, -0.2) is 22.2 Å². The summed E-state index contributed by atoms with van der Waals surface area (Å²) in [5, 5.41) is 17.4. The van der Waals surface area contributed by atoms with Crippen molar-refractivity contribution in [3.8, 4) is 5.75 Å². The molecule has 0 aliphatic rings. The number of rotatable bonds is 3. The molecule has 1 unspecified atom stereocenters. The SMILES string of the molecule is NC(Cc1ccc(F)c(O)c1F)C(=O)O. The number of hydrogen-bond donors (Lipinski definition) is 3. The van der Waals surface area contributed by atoms with Gasteiger partial charge in [-0.3, -0.25) is 4.79 Å². The van der Waals surface area contributed by atoms with Crippen LogP contribution in [0.3, 0.4) is 0 Å². The Kier molecular flexibility index (Phi) is 3.21. The Morgan fingerprint density at radius 3 is 2.60 bits per heavy atom. The third-order valence-corrected chi connectivity index (χ3v) is 1.90. The summed E-state index contributed by atoms with van der Waals surface area (Å²) in [5.41, 5.74) is 5.03. The Balaban J connectivity index is 2.97. The van der Waals surface area contributed by atoms with Crippen molar-refractivity contribution < 1.29 is 23.8 Å². The van der Waals surface area contributed by atoms with Gasteiger partial charge in [0.1, 0.15) is 6.04 Å². The zero-order valence-electron chi connectivity index (χ0n) is 7.58. The fourth-order valence-electron chi connectivity index (χ4n) is 1.06. The van der Waals surface area contributed by atoms with Crippen LogP contribution in [0.4, 0.5) is 8.78 Å². The molecule has 0 radical (unpaired) electrons. The zero-order valence-corrected chi connectivity index (χ0v) is 7.58. The molecule has 0 spiro atoms.